The van der Waals surface area contributed by atoms with Gasteiger partial charge in [-0.25, -0.2) is 0 Å². The molecule has 0 aliphatic carbocycles. The Kier molecular flexibility index (Phi) is 4.48. The highest BCUT2D eigenvalue weighted by atomic mass is 35.5. The number of nitrogens with one attached hydrogen (secondary N) is 1. The maximum Gasteiger partial charge on any atom is 0.270 e. The molecule has 0 atom stereocenters. The molecule has 0 aliphatic heterocycles. The Balaban J connectivity index is 2.29. The molecular formula is C15H19ClN2O. The van der Waals surface area contributed by atoms with Gasteiger partial charge in [-0.1, -0.05) is 31.5 Å². The van der Waals surface area contributed by atoms with Gasteiger partial charge in [-0.05, 0) is 31.0 Å². The van der Waals surface area contributed by atoms with E-state index in [1.54, 1.807) is 0 Å². The first-order chi connectivity index (χ1) is 9.15. The molecule has 0 radical (unpaired) electrons. The lowest BCUT2D eigenvalue weighted by atomic mass is 10.2. The number of fused-ring (bicyclic) bond motifs is 1. The number of H-pyrrole nitrogens is 1. The third kappa shape index (κ3) is 3.10. The number of rotatable bonds is 5. The lowest BCUT2D eigenvalue weighted by molar-refractivity contribution is 0.0750. The second-order valence-corrected chi connectivity index (χ2v) is 5.14. The van der Waals surface area contributed by atoms with Crippen molar-refractivity contribution in [2.45, 2.75) is 26.7 Å². The number of carbonyl (C=O) groups is 1. The van der Waals surface area contributed by atoms with Crippen LogP contribution in [0.5, 0.6) is 0 Å². The SMILES string of the molecule is CCCN(CCC)C(=O)c1cc2ccc(Cl)cc2[nH]1. The molecule has 1 N–H and O–H groups in total. The summed E-state index contributed by atoms with van der Waals surface area (Å²) in [6.45, 7) is 5.76. The fourth-order valence-electron chi connectivity index (χ4n) is 2.24. The molecule has 1 aromatic heterocycles. The van der Waals surface area contributed by atoms with Gasteiger partial charge in [0, 0.05) is 29.0 Å². The third-order valence-corrected chi connectivity index (χ3v) is 3.32. The van der Waals surface area contributed by atoms with E-state index in [9.17, 15) is 4.79 Å². The number of carbonyl (C=O) groups excluding carboxylic acids is 1. The first kappa shape index (κ1) is 13.9. The Hall–Kier alpha value is -1.48. The van der Waals surface area contributed by atoms with E-state index < -0.39 is 0 Å². The average Bonchev–Trinajstić information content (AvgIpc) is 2.80. The molecule has 2 rings (SSSR count). The van der Waals surface area contributed by atoms with Crippen LogP contribution in [-0.2, 0) is 0 Å². The monoisotopic (exact) mass is 278 g/mol. The van der Waals surface area contributed by atoms with Gasteiger partial charge in [0.05, 0.1) is 0 Å². The van der Waals surface area contributed by atoms with Gasteiger partial charge >= 0.3 is 0 Å². The highest BCUT2D eigenvalue weighted by Gasteiger charge is 2.16. The zero-order valence-corrected chi connectivity index (χ0v) is 12.1. The zero-order valence-electron chi connectivity index (χ0n) is 11.4. The van der Waals surface area contributed by atoms with Crippen LogP contribution in [0.2, 0.25) is 5.02 Å². The van der Waals surface area contributed by atoms with E-state index in [0.717, 1.165) is 36.8 Å². The van der Waals surface area contributed by atoms with E-state index in [-0.39, 0.29) is 5.91 Å². The standard InChI is InChI=1S/C15H19ClN2O/c1-3-7-18(8-4-2)15(19)14-9-11-5-6-12(16)10-13(11)17-14/h5-6,9-10,17H,3-4,7-8H2,1-2H3. The quantitative estimate of drug-likeness (QED) is 0.879. The van der Waals surface area contributed by atoms with Crippen molar-refractivity contribution < 1.29 is 4.79 Å². The molecule has 0 spiro atoms. The van der Waals surface area contributed by atoms with E-state index in [1.807, 2.05) is 29.2 Å². The van der Waals surface area contributed by atoms with Crippen molar-refractivity contribution in [2.75, 3.05) is 13.1 Å². The van der Waals surface area contributed by atoms with Gasteiger partial charge < -0.3 is 9.88 Å². The molecule has 0 aliphatic rings. The molecule has 0 saturated heterocycles. The number of hydrogen-bond donors (Lipinski definition) is 1. The second kappa shape index (κ2) is 6.11. The summed E-state index contributed by atoms with van der Waals surface area (Å²) >= 11 is 5.95. The van der Waals surface area contributed by atoms with Crippen molar-refractivity contribution >= 4 is 28.4 Å². The summed E-state index contributed by atoms with van der Waals surface area (Å²) in [4.78, 5) is 17.5. The maximum atomic E-state index is 12.4. The van der Waals surface area contributed by atoms with Crippen molar-refractivity contribution in [1.29, 1.82) is 0 Å². The first-order valence-corrected chi connectivity index (χ1v) is 7.11. The predicted molar refractivity (Wildman–Crippen MR) is 79.8 cm³/mol. The minimum Gasteiger partial charge on any atom is -0.350 e. The van der Waals surface area contributed by atoms with Gasteiger partial charge in [0.25, 0.3) is 5.91 Å². The summed E-state index contributed by atoms with van der Waals surface area (Å²) in [5.74, 6) is 0.0658. The Bertz CT molecular complexity index is 571. The summed E-state index contributed by atoms with van der Waals surface area (Å²) in [6, 6.07) is 7.50. The lowest BCUT2D eigenvalue weighted by Gasteiger charge is -2.20. The number of amides is 1. The van der Waals surface area contributed by atoms with Crippen LogP contribution >= 0.6 is 11.6 Å². The number of nitrogens with zero attached hydrogens (tertiary/aromatic N) is 1. The zero-order chi connectivity index (χ0) is 13.8. The van der Waals surface area contributed by atoms with E-state index in [1.165, 1.54) is 0 Å². The van der Waals surface area contributed by atoms with Crippen molar-refractivity contribution in [3.8, 4) is 0 Å². The van der Waals surface area contributed by atoms with Crippen molar-refractivity contribution in [3.05, 3.63) is 35.0 Å². The van der Waals surface area contributed by atoms with Crippen LogP contribution in [0.1, 0.15) is 37.2 Å². The number of aromatic nitrogens is 1. The van der Waals surface area contributed by atoms with Gasteiger partial charge in [0.15, 0.2) is 0 Å². The average molecular weight is 279 g/mol. The summed E-state index contributed by atoms with van der Waals surface area (Å²) in [6.07, 6.45) is 1.94. The minimum absolute atomic E-state index is 0.0658. The van der Waals surface area contributed by atoms with Crippen molar-refractivity contribution in [3.63, 3.8) is 0 Å². The van der Waals surface area contributed by atoms with Gasteiger partial charge in [0.2, 0.25) is 0 Å². The van der Waals surface area contributed by atoms with E-state index in [0.29, 0.717) is 10.7 Å². The Morgan fingerprint density at radius 1 is 1.21 bits per heavy atom. The first-order valence-electron chi connectivity index (χ1n) is 6.73. The number of halogens is 1. The van der Waals surface area contributed by atoms with Crippen LogP contribution < -0.4 is 0 Å². The number of hydrogen-bond acceptors (Lipinski definition) is 1. The Labute approximate surface area is 118 Å². The van der Waals surface area contributed by atoms with E-state index in [2.05, 4.69) is 18.8 Å². The van der Waals surface area contributed by atoms with Crippen LogP contribution in [0.4, 0.5) is 0 Å². The lowest BCUT2D eigenvalue weighted by Crippen LogP contribution is -2.32. The highest BCUT2D eigenvalue weighted by molar-refractivity contribution is 6.31. The van der Waals surface area contributed by atoms with Crippen LogP contribution in [0, 0.1) is 0 Å². The smallest absolute Gasteiger partial charge is 0.270 e. The Morgan fingerprint density at radius 2 is 1.89 bits per heavy atom. The normalized spacial score (nSPS) is 10.9. The molecule has 1 aromatic carbocycles. The molecule has 102 valence electrons. The fraction of sp³-hybridized carbons (Fsp3) is 0.400. The van der Waals surface area contributed by atoms with Gasteiger partial charge in [-0.15, -0.1) is 0 Å². The molecule has 1 amide bonds. The molecule has 0 fully saturated rings. The van der Waals surface area contributed by atoms with Crippen molar-refractivity contribution in [2.24, 2.45) is 0 Å². The van der Waals surface area contributed by atoms with Crippen LogP contribution in [-0.4, -0.2) is 28.9 Å². The van der Waals surface area contributed by atoms with Gasteiger partial charge in [0.1, 0.15) is 5.69 Å². The molecule has 4 heteroatoms. The largest absolute Gasteiger partial charge is 0.350 e. The summed E-state index contributed by atoms with van der Waals surface area (Å²) in [5, 5.41) is 1.69. The summed E-state index contributed by atoms with van der Waals surface area (Å²) < 4.78 is 0. The van der Waals surface area contributed by atoms with Crippen LogP contribution in [0.3, 0.4) is 0 Å². The molecule has 0 unspecified atom stereocenters. The molecule has 3 nitrogen and oxygen atoms in total. The maximum absolute atomic E-state index is 12.4. The molecule has 19 heavy (non-hydrogen) atoms. The highest BCUT2D eigenvalue weighted by Crippen LogP contribution is 2.20. The predicted octanol–water partition coefficient (Wildman–Crippen LogP) is 4.08. The molecule has 0 saturated carbocycles. The number of benzene rings is 1. The van der Waals surface area contributed by atoms with Gasteiger partial charge in [-0.2, -0.15) is 0 Å². The number of aromatic amines is 1. The van der Waals surface area contributed by atoms with E-state index in [4.69, 9.17) is 11.6 Å². The summed E-state index contributed by atoms with van der Waals surface area (Å²) in [5.41, 5.74) is 1.54. The fourth-order valence-corrected chi connectivity index (χ4v) is 2.41. The molecule has 1 heterocycles. The molecular weight excluding hydrogens is 260 g/mol. The van der Waals surface area contributed by atoms with E-state index >= 15 is 0 Å². The third-order valence-electron chi connectivity index (χ3n) is 3.09. The topological polar surface area (TPSA) is 36.1 Å². The van der Waals surface area contributed by atoms with Gasteiger partial charge in [-0.3, -0.25) is 4.79 Å². The minimum atomic E-state index is 0.0658. The summed E-state index contributed by atoms with van der Waals surface area (Å²) in [7, 11) is 0. The molecule has 2 aromatic rings. The van der Waals surface area contributed by atoms with Crippen LogP contribution in [0.25, 0.3) is 10.9 Å². The Morgan fingerprint density at radius 3 is 2.53 bits per heavy atom. The van der Waals surface area contributed by atoms with Crippen LogP contribution in [0.15, 0.2) is 24.3 Å². The second-order valence-electron chi connectivity index (χ2n) is 4.71. The molecule has 0 bridgehead atoms. The van der Waals surface area contributed by atoms with Crippen molar-refractivity contribution in [1.82, 2.24) is 9.88 Å².